The van der Waals surface area contributed by atoms with E-state index in [0.717, 1.165) is 44.9 Å². The molecule has 3 N–H and O–H groups in total. The molecule has 0 saturated heterocycles. The molecule has 0 aromatic carbocycles. The van der Waals surface area contributed by atoms with Gasteiger partial charge in [-0.25, -0.2) is 0 Å². The van der Waals surface area contributed by atoms with E-state index < -0.39 is 18.2 Å². The molecule has 0 rings (SSSR count). The van der Waals surface area contributed by atoms with E-state index >= 15 is 0 Å². The van der Waals surface area contributed by atoms with Crippen LogP contribution in [0.15, 0.2) is 0 Å². The predicted molar refractivity (Wildman–Crippen MR) is 214 cm³/mol. The van der Waals surface area contributed by atoms with Crippen molar-refractivity contribution in [1.82, 2.24) is 5.32 Å². The number of aliphatic hydroxyl groups is 2. The highest BCUT2D eigenvalue weighted by Crippen LogP contribution is 2.18. The van der Waals surface area contributed by atoms with E-state index in [0.29, 0.717) is 19.3 Å². The molecule has 3 unspecified atom stereocenters. The number of esters is 1. The highest BCUT2D eigenvalue weighted by Gasteiger charge is 2.24. The van der Waals surface area contributed by atoms with Crippen LogP contribution in [0.1, 0.15) is 245 Å². The third-order valence-corrected chi connectivity index (χ3v) is 10.4. The maximum atomic E-state index is 13.0. The molecule has 0 aromatic rings. The molecule has 0 aliphatic rings. The average Bonchev–Trinajstić information content (AvgIpc) is 3.10. The molecule has 0 bridgehead atoms. The summed E-state index contributed by atoms with van der Waals surface area (Å²) in [6.45, 7) is 6.44. The van der Waals surface area contributed by atoms with Gasteiger partial charge in [-0.3, -0.25) is 9.59 Å². The Morgan fingerprint density at radius 1 is 0.500 bits per heavy atom. The minimum atomic E-state index is -0.776. The van der Waals surface area contributed by atoms with Gasteiger partial charge in [0.1, 0.15) is 6.10 Å². The number of amides is 1. The summed E-state index contributed by atoms with van der Waals surface area (Å²) in [6.07, 6.45) is 38.8. The van der Waals surface area contributed by atoms with Gasteiger partial charge < -0.3 is 20.3 Å². The van der Waals surface area contributed by atoms with Gasteiger partial charge in [0.05, 0.1) is 25.2 Å². The number of hydrogen-bond donors (Lipinski definition) is 3. The van der Waals surface area contributed by atoms with Crippen LogP contribution in [-0.4, -0.2) is 46.9 Å². The van der Waals surface area contributed by atoms with E-state index in [4.69, 9.17) is 4.74 Å². The Hall–Kier alpha value is -1.14. The number of unbranched alkanes of at least 4 members (excludes halogenated alkanes) is 28. The fraction of sp³-hybridized carbons (Fsp3) is 0.955. The van der Waals surface area contributed by atoms with Gasteiger partial charge in [0, 0.05) is 6.42 Å². The molecule has 0 saturated carbocycles. The lowest BCUT2D eigenvalue weighted by Gasteiger charge is -2.24. The number of rotatable bonds is 40. The van der Waals surface area contributed by atoms with Crippen molar-refractivity contribution in [1.29, 1.82) is 0 Å². The van der Waals surface area contributed by atoms with Gasteiger partial charge in [-0.05, 0) is 25.7 Å². The largest absolute Gasteiger partial charge is 0.462 e. The molecule has 3 atom stereocenters. The first-order valence-electron chi connectivity index (χ1n) is 22.3. The molecule has 6 nitrogen and oxygen atoms in total. The van der Waals surface area contributed by atoms with E-state index in [-0.39, 0.29) is 24.9 Å². The Balaban J connectivity index is 4.39. The van der Waals surface area contributed by atoms with Crippen LogP contribution in [0.2, 0.25) is 0 Å². The third kappa shape index (κ3) is 34.0. The lowest BCUT2D eigenvalue weighted by molar-refractivity contribution is -0.151. The second kappa shape index (κ2) is 39.1. The Bertz CT molecular complexity index is 717. The smallest absolute Gasteiger partial charge is 0.306 e. The van der Waals surface area contributed by atoms with Crippen molar-refractivity contribution in [2.75, 3.05) is 6.61 Å². The molecule has 6 heteroatoms. The van der Waals surface area contributed by atoms with Gasteiger partial charge in [0.25, 0.3) is 0 Å². The number of hydrogen-bond acceptors (Lipinski definition) is 5. The van der Waals surface area contributed by atoms with Crippen LogP contribution in [0.5, 0.6) is 0 Å². The zero-order valence-electron chi connectivity index (χ0n) is 33.8. The second-order valence-corrected chi connectivity index (χ2v) is 15.5. The maximum Gasteiger partial charge on any atom is 0.306 e. The molecule has 0 heterocycles. The zero-order chi connectivity index (χ0) is 36.8. The van der Waals surface area contributed by atoms with Crippen molar-refractivity contribution in [3.63, 3.8) is 0 Å². The van der Waals surface area contributed by atoms with Crippen molar-refractivity contribution in [2.24, 2.45) is 0 Å². The van der Waals surface area contributed by atoms with Gasteiger partial charge >= 0.3 is 5.97 Å². The molecule has 298 valence electrons. The van der Waals surface area contributed by atoms with Crippen LogP contribution in [0.25, 0.3) is 0 Å². The van der Waals surface area contributed by atoms with Gasteiger partial charge in [0.15, 0.2) is 0 Å². The summed E-state index contributed by atoms with van der Waals surface area (Å²) >= 11 is 0. The normalized spacial score (nSPS) is 13.3. The zero-order valence-corrected chi connectivity index (χ0v) is 33.8. The van der Waals surface area contributed by atoms with E-state index in [1.54, 1.807) is 0 Å². The molecule has 0 aromatic heterocycles. The summed E-state index contributed by atoms with van der Waals surface area (Å²) in [5, 5.41) is 23.6. The Morgan fingerprint density at radius 3 is 1.22 bits per heavy atom. The van der Waals surface area contributed by atoms with Crippen LogP contribution in [0, 0.1) is 0 Å². The standard InChI is InChI=1S/C44H87NO5/c1-4-7-10-13-16-18-20-21-22-23-24-27-30-33-36-42(47)41(39-46)45-43(48)38-40(35-32-29-26-15-12-9-6-3)50-44(49)37-34-31-28-25-19-17-14-11-8-5-2/h40-42,46-47H,4-39H2,1-3H3,(H,45,48). The van der Waals surface area contributed by atoms with Crippen molar-refractivity contribution in [2.45, 2.75) is 264 Å². The van der Waals surface area contributed by atoms with Crippen molar-refractivity contribution < 1.29 is 24.5 Å². The lowest BCUT2D eigenvalue weighted by atomic mass is 10.0. The minimum Gasteiger partial charge on any atom is -0.462 e. The summed E-state index contributed by atoms with van der Waals surface area (Å²) in [6, 6.07) is -0.689. The van der Waals surface area contributed by atoms with Gasteiger partial charge in [-0.1, -0.05) is 207 Å². The van der Waals surface area contributed by atoms with Crippen molar-refractivity contribution in [3.8, 4) is 0 Å². The Labute approximate surface area is 311 Å². The first-order valence-corrected chi connectivity index (χ1v) is 22.3. The average molecular weight is 710 g/mol. The summed E-state index contributed by atoms with van der Waals surface area (Å²) in [5.41, 5.74) is 0. The van der Waals surface area contributed by atoms with Crippen LogP contribution in [0.3, 0.4) is 0 Å². The first kappa shape index (κ1) is 48.9. The number of carbonyl (C=O) groups is 2. The van der Waals surface area contributed by atoms with Gasteiger partial charge in [-0.15, -0.1) is 0 Å². The quantitative estimate of drug-likeness (QED) is 0.0435. The van der Waals surface area contributed by atoms with Crippen LogP contribution < -0.4 is 5.32 Å². The predicted octanol–water partition coefficient (Wildman–Crippen LogP) is 12.4. The fourth-order valence-corrected chi connectivity index (χ4v) is 7.02. The Kier molecular flexibility index (Phi) is 38.2. The van der Waals surface area contributed by atoms with E-state index in [1.807, 2.05) is 0 Å². The molecular weight excluding hydrogens is 622 g/mol. The minimum absolute atomic E-state index is 0.0850. The number of aliphatic hydroxyl groups excluding tert-OH is 2. The molecule has 1 amide bonds. The van der Waals surface area contributed by atoms with Crippen molar-refractivity contribution in [3.05, 3.63) is 0 Å². The molecular formula is C44H87NO5. The second-order valence-electron chi connectivity index (χ2n) is 15.5. The maximum absolute atomic E-state index is 13.0. The molecule has 0 fully saturated rings. The lowest BCUT2D eigenvalue weighted by Crippen LogP contribution is -2.46. The number of ether oxygens (including phenoxy) is 1. The van der Waals surface area contributed by atoms with Crippen LogP contribution >= 0.6 is 0 Å². The van der Waals surface area contributed by atoms with Crippen LogP contribution in [0.4, 0.5) is 0 Å². The molecule has 0 spiro atoms. The number of nitrogens with one attached hydrogen (secondary N) is 1. The van der Waals surface area contributed by atoms with Crippen molar-refractivity contribution >= 4 is 11.9 Å². The van der Waals surface area contributed by atoms with E-state index in [9.17, 15) is 19.8 Å². The highest BCUT2D eigenvalue weighted by atomic mass is 16.5. The molecule has 50 heavy (non-hydrogen) atoms. The molecule has 0 radical (unpaired) electrons. The topological polar surface area (TPSA) is 95.9 Å². The van der Waals surface area contributed by atoms with Gasteiger partial charge in [-0.2, -0.15) is 0 Å². The molecule has 0 aliphatic heterocycles. The third-order valence-electron chi connectivity index (χ3n) is 10.4. The molecule has 0 aliphatic carbocycles. The summed E-state index contributed by atoms with van der Waals surface area (Å²) < 4.78 is 5.86. The van der Waals surface area contributed by atoms with Gasteiger partial charge in [0.2, 0.25) is 5.91 Å². The number of carbonyl (C=O) groups excluding carboxylic acids is 2. The fourth-order valence-electron chi connectivity index (χ4n) is 7.02. The highest BCUT2D eigenvalue weighted by molar-refractivity contribution is 5.77. The summed E-state index contributed by atoms with van der Waals surface area (Å²) in [7, 11) is 0. The summed E-state index contributed by atoms with van der Waals surface area (Å²) in [5.74, 6) is -0.467. The van der Waals surface area contributed by atoms with E-state index in [1.165, 1.54) is 154 Å². The monoisotopic (exact) mass is 710 g/mol. The SMILES string of the molecule is CCCCCCCCCCCCCCCCC(O)C(CO)NC(=O)CC(CCCCCCCCC)OC(=O)CCCCCCCCCCCC. The van der Waals surface area contributed by atoms with E-state index in [2.05, 4.69) is 26.1 Å². The summed E-state index contributed by atoms with van der Waals surface area (Å²) in [4.78, 5) is 25.8. The van der Waals surface area contributed by atoms with Crippen LogP contribution in [-0.2, 0) is 14.3 Å². The first-order chi connectivity index (χ1) is 24.5. The Morgan fingerprint density at radius 2 is 0.840 bits per heavy atom.